The zero-order valence-corrected chi connectivity index (χ0v) is 13.0. The predicted octanol–water partition coefficient (Wildman–Crippen LogP) is 1.93. The molecule has 0 aliphatic heterocycles. The monoisotopic (exact) mass is 300 g/mol. The summed E-state index contributed by atoms with van der Waals surface area (Å²) >= 11 is 1.60. The first-order chi connectivity index (χ1) is 9.37. The highest BCUT2D eigenvalue weighted by molar-refractivity contribution is 7.99. The van der Waals surface area contributed by atoms with Gasteiger partial charge >= 0.3 is 12.0 Å². The Labute approximate surface area is 125 Å². The number of carboxylic acids is 1. The molecule has 0 bridgehead atoms. The molecule has 6 heteroatoms. The van der Waals surface area contributed by atoms with Crippen LogP contribution >= 0.6 is 11.8 Å². The van der Waals surface area contributed by atoms with Crippen molar-refractivity contribution in [3.8, 4) is 12.3 Å². The van der Waals surface area contributed by atoms with Crippen molar-refractivity contribution in [1.29, 1.82) is 0 Å². The molecule has 0 fully saturated rings. The van der Waals surface area contributed by atoms with Gasteiger partial charge in [0.05, 0.1) is 5.75 Å². The lowest BCUT2D eigenvalue weighted by atomic mass is 9.84. The normalized spacial score (nSPS) is 10.7. The number of carboxylic acid groups (broad SMARTS) is 1. The highest BCUT2D eigenvalue weighted by Gasteiger charge is 2.19. The number of urea groups is 1. The number of carbonyl (C=O) groups excluding carboxylic acids is 1. The van der Waals surface area contributed by atoms with Gasteiger partial charge in [0.2, 0.25) is 0 Å². The molecule has 5 nitrogen and oxygen atoms in total. The maximum atomic E-state index is 11.5. The number of amides is 2. The number of aliphatic carboxylic acids is 1. The Morgan fingerprint density at radius 2 is 1.90 bits per heavy atom. The molecule has 0 aliphatic rings. The van der Waals surface area contributed by atoms with E-state index in [2.05, 4.69) is 16.6 Å². The molecule has 0 unspecified atom stereocenters. The Kier molecular flexibility index (Phi) is 9.73. The third-order valence-electron chi connectivity index (χ3n) is 2.82. The minimum absolute atomic E-state index is 0.0890. The summed E-state index contributed by atoms with van der Waals surface area (Å²) in [5.41, 5.74) is -0.0890. The van der Waals surface area contributed by atoms with E-state index in [4.69, 9.17) is 11.5 Å². The number of carbonyl (C=O) groups is 2. The lowest BCUT2D eigenvalue weighted by Crippen LogP contribution is -2.38. The Balaban J connectivity index is 3.64. The van der Waals surface area contributed by atoms with Crippen LogP contribution in [0.5, 0.6) is 0 Å². The Bertz CT molecular complexity index is 351. The summed E-state index contributed by atoms with van der Waals surface area (Å²) in [7, 11) is 0. The van der Waals surface area contributed by atoms with Crippen molar-refractivity contribution >= 4 is 23.8 Å². The van der Waals surface area contributed by atoms with Crippen molar-refractivity contribution in [2.75, 3.05) is 24.6 Å². The average molecular weight is 300 g/mol. The van der Waals surface area contributed by atoms with Gasteiger partial charge < -0.3 is 15.7 Å². The molecule has 0 aliphatic carbocycles. The number of terminal acetylenes is 1. The summed E-state index contributed by atoms with van der Waals surface area (Å²) in [6.45, 7) is 5.13. The fraction of sp³-hybridized carbons (Fsp3) is 0.714. The fourth-order valence-electron chi connectivity index (χ4n) is 1.52. The Morgan fingerprint density at radius 1 is 1.25 bits per heavy atom. The van der Waals surface area contributed by atoms with Crippen LogP contribution in [0.3, 0.4) is 0 Å². The maximum Gasteiger partial charge on any atom is 0.314 e. The van der Waals surface area contributed by atoms with Gasteiger partial charge in [-0.2, -0.15) is 0 Å². The van der Waals surface area contributed by atoms with E-state index in [0.29, 0.717) is 25.3 Å². The van der Waals surface area contributed by atoms with Gasteiger partial charge in [0.1, 0.15) is 0 Å². The van der Waals surface area contributed by atoms with E-state index in [-0.39, 0.29) is 17.9 Å². The van der Waals surface area contributed by atoms with Gasteiger partial charge in [0.25, 0.3) is 0 Å². The van der Waals surface area contributed by atoms with Gasteiger partial charge in [-0.05, 0) is 18.3 Å². The summed E-state index contributed by atoms with van der Waals surface area (Å²) in [5, 5.41) is 14.2. The largest absolute Gasteiger partial charge is 0.481 e. The third-order valence-corrected chi connectivity index (χ3v) is 3.68. The molecule has 0 spiro atoms. The quantitative estimate of drug-likeness (QED) is 0.425. The molecule has 0 radical (unpaired) electrons. The summed E-state index contributed by atoms with van der Waals surface area (Å²) < 4.78 is 0. The van der Waals surface area contributed by atoms with E-state index < -0.39 is 5.97 Å². The molecule has 0 atom stereocenters. The van der Waals surface area contributed by atoms with Crippen molar-refractivity contribution in [2.24, 2.45) is 5.41 Å². The van der Waals surface area contributed by atoms with Crippen molar-refractivity contribution in [3.63, 3.8) is 0 Å². The molecule has 0 aromatic heterocycles. The zero-order valence-electron chi connectivity index (χ0n) is 12.2. The molecule has 20 heavy (non-hydrogen) atoms. The molecule has 0 aromatic carbocycles. The molecule has 0 heterocycles. The Hall–Kier alpha value is -1.35. The van der Waals surface area contributed by atoms with Gasteiger partial charge in [-0.15, -0.1) is 18.2 Å². The summed E-state index contributed by atoms with van der Waals surface area (Å²) in [4.78, 5) is 22.0. The summed E-state index contributed by atoms with van der Waals surface area (Å²) in [6, 6.07) is -0.194. The number of hydrogen-bond acceptors (Lipinski definition) is 3. The highest BCUT2D eigenvalue weighted by atomic mass is 32.2. The van der Waals surface area contributed by atoms with Crippen LogP contribution in [0.2, 0.25) is 0 Å². The first-order valence-corrected chi connectivity index (χ1v) is 7.77. The molecule has 0 rings (SSSR count). The van der Waals surface area contributed by atoms with Crippen LogP contribution < -0.4 is 10.6 Å². The van der Waals surface area contributed by atoms with E-state index in [1.54, 1.807) is 11.8 Å². The zero-order chi connectivity index (χ0) is 15.4. The summed E-state index contributed by atoms with van der Waals surface area (Å²) in [5.74, 6) is 3.18. The van der Waals surface area contributed by atoms with E-state index in [1.807, 2.05) is 13.8 Å². The molecule has 3 N–H and O–H groups in total. The fourth-order valence-corrected chi connectivity index (χ4v) is 2.02. The lowest BCUT2D eigenvalue weighted by Gasteiger charge is -2.23. The average Bonchev–Trinajstić information content (AvgIpc) is 2.36. The van der Waals surface area contributed by atoms with E-state index in [1.165, 1.54) is 0 Å². The first-order valence-electron chi connectivity index (χ1n) is 6.62. The van der Waals surface area contributed by atoms with Crippen LogP contribution in [0.25, 0.3) is 0 Å². The number of nitrogens with one attached hydrogen (secondary N) is 2. The minimum atomic E-state index is -0.784. The number of hydrogen-bond donors (Lipinski definition) is 3. The molecule has 0 saturated carbocycles. The predicted molar refractivity (Wildman–Crippen MR) is 82.8 cm³/mol. The van der Waals surface area contributed by atoms with Crippen molar-refractivity contribution in [1.82, 2.24) is 10.6 Å². The van der Waals surface area contributed by atoms with Crippen molar-refractivity contribution < 1.29 is 14.7 Å². The smallest absolute Gasteiger partial charge is 0.314 e. The van der Waals surface area contributed by atoms with E-state index >= 15 is 0 Å². The second-order valence-electron chi connectivity index (χ2n) is 5.25. The number of rotatable bonds is 10. The minimum Gasteiger partial charge on any atom is -0.481 e. The van der Waals surface area contributed by atoms with E-state index in [0.717, 1.165) is 12.2 Å². The molecule has 2 amide bonds. The third kappa shape index (κ3) is 11.7. The molecular formula is C14H24N2O3S. The van der Waals surface area contributed by atoms with Gasteiger partial charge in [0, 0.05) is 25.3 Å². The van der Waals surface area contributed by atoms with E-state index in [9.17, 15) is 9.59 Å². The number of thioether (sulfide) groups is 1. The van der Waals surface area contributed by atoms with Gasteiger partial charge in [-0.1, -0.05) is 19.8 Å². The lowest BCUT2D eigenvalue weighted by molar-refractivity contribution is -0.137. The van der Waals surface area contributed by atoms with Crippen molar-refractivity contribution in [2.45, 2.75) is 33.1 Å². The molecular weight excluding hydrogens is 276 g/mol. The van der Waals surface area contributed by atoms with Crippen molar-refractivity contribution in [3.05, 3.63) is 0 Å². The topological polar surface area (TPSA) is 78.4 Å². The molecule has 0 aromatic rings. The second kappa shape index (κ2) is 10.4. The SMILES string of the molecule is C#CCSCCNC(=O)NCCC(C)(C)CCC(=O)O. The molecule has 114 valence electrons. The van der Waals surface area contributed by atoms with Crippen LogP contribution in [0, 0.1) is 17.8 Å². The van der Waals surface area contributed by atoms with Gasteiger partial charge in [-0.25, -0.2) is 4.79 Å². The van der Waals surface area contributed by atoms with Crippen LogP contribution in [-0.2, 0) is 4.79 Å². The second-order valence-corrected chi connectivity index (χ2v) is 6.35. The van der Waals surface area contributed by atoms with Crippen LogP contribution in [0.1, 0.15) is 33.1 Å². The Morgan fingerprint density at radius 3 is 2.50 bits per heavy atom. The highest BCUT2D eigenvalue weighted by Crippen LogP contribution is 2.25. The first kappa shape index (κ1) is 18.7. The van der Waals surface area contributed by atoms with Gasteiger partial charge in [-0.3, -0.25) is 4.79 Å². The molecule has 0 saturated heterocycles. The summed E-state index contributed by atoms with van der Waals surface area (Å²) in [6.07, 6.45) is 6.63. The van der Waals surface area contributed by atoms with Crippen LogP contribution in [0.4, 0.5) is 4.79 Å². The standard InChI is InChI=1S/C14H24N2O3S/c1-4-10-20-11-9-16-13(19)15-8-7-14(2,3)6-5-12(17)18/h1H,5-11H2,2-3H3,(H,17,18)(H2,15,16,19). The van der Waals surface area contributed by atoms with Crippen LogP contribution in [0.15, 0.2) is 0 Å². The van der Waals surface area contributed by atoms with Crippen LogP contribution in [-0.4, -0.2) is 41.7 Å². The maximum absolute atomic E-state index is 11.5. The van der Waals surface area contributed by atoms with Gasteiger partial charge in [0.15, 0.2) is 0 Å².